The van der Waals surface area contributed by atoms with Gasteiger partial charge in [-0.3, -0.25) is 4.68 Å². The molecular weight excluding hydrogens is 289 g/mol. The maximum atomic E-state index is 13.2. The largest absolute Gasteiger partial charge is 0.310 e. The van der Waals surface area contributed by atoms with Crippen molar-refractivity contribution >= 4 is 11.6 Å². The Morgan fingerprint density at radius 1 is 1.33 bits per heavy atom. The molecule has 21 heavy (non-hydrogen) atoms. The Labute approximate surface area is 130 Å². The van der Waals surface area contributed by atoms with Gasteiger partial charge in [-0.2, -0.15) is 5.10 Å². The van der Waals surface area contributed by atoms with Gasteiger partial charge in [0.1, 0.15) is 5.82 Å². The lowest BCUT2D eigenvalue weighted by Crippen LogP contribution is -2.24. The fourth-order valence-electron chi connectivity index (χ4n) is 2.57. The first kappa shape index (κ1) is 16.0. The Kier molecular flexibility index (Phi) is 5.37. The maximum Gasteiger partial charge on any atom is 0.124 e. The van der Waals surface area contributed by atoms with E-state index in [1.807, 2.05) is 18.5 Å². The second-order valence-corrected chi connectivity index (χ2v) is 5.48. The predicted molar refractivity (Wildman–Crippen MR) is 84.2 cm³/mol. The highest BCUT2D eigenvalue weighted by atomic mass is 35.5. The van der Waals surface area contributed by atoms with E-state index in [0.29, 0.717) is 5.02 Å². The molecule has 1 atom stereocenters. The number of hydrogen-bond acceptors (Lipinski definition) is 2. The van der Waals surface area contributed by atoms with Crippen LogP contribution >= 0.6 is 11.6 Å². The highest BCUT2D eigenvalue weighted by Gasteiger charge is 2.17. The number of aromatic nitrogens is 2. The van der Waals surface area contributed by atoms with Crippen molar-refractivity contribution in [3.8, 4) is 0 Å². The van der Waals surface area contributed by atoms with Gasteiger partial charge >= 0.3 is 0 Å². The summed E-state index contributed by atoms with van der Waals surface area (Å²) in [5.74, 6) is -0.312. The van der Waals surface area contributed by atoms with Gasteiger partial charge in [-0.1, -0.05) is 24.6 Å². The van der Waals surface area contributed by atoms with Gasteiger partial charge in [0.05, 0.1) is 5.69 Å². The van der Waals surface area contributed by atoms with E-state index in [4.69, 9.17) is 11.6 Å². The molecule has 0 bridgehead atoms. The van der Waals surface area contributed by atoms with Crippen LogP contribution in [0.4, 0.5) is 4.39 Å². The van der Waals surface area contributed by atoms with Gasteiger partial charge in [-0.15, -0.1) is 0 Å². The van der Waals surface area contributed by atoms with Crippen LogP contribution in [0, 0.1) is 12.7 Å². The molecule has 0 radical (unpaired) electrons. The molecule has 0 saturated carbocycles. The Hall–Kier alpha value is -1.39. The van der Waals surface area contributed by atoms with Crippen LogP contribution in [-0.2, 0) is 13.0 Å². The molecule has 2 aromatic rings. The van der Waals surface area contributed by atoms with Gasteiger partial charge in [-0.05, 0) is 44.2 Å². The molecule has 0 spiro atoms. The Morgan fingerprint density at radius 2 is 2.10 bits per heavy atom. The lowest BCUT2D eigenvalue weighted by molar-refractivity contribution is 0.515. The zero-order chi connectivity index (χ0) is 15.4. The van der Waals surface area contributed by atoms with Crippen molar-refractivity contribution in [2.45, 2.75) is 39.8 Å². The minimum absolute atomic E-state index is 0.0458. The van der Waals surface area contributed by atoms with E-state index < -0.39 is 0 Å². The van der Waals surface area contributed by atoms with Crippen LogP contribution in [0.15, 0.2) is 24.3 Å². The van der Waals surface area contributed by atoms with Crippen LogP contribution in [0.1, 0.15) is 36.8 Å². The minimum Gasteiger partial charge on any atom is -0.310 e. The molecular formula is C16H21ClFN3. The van der Waals surface area contributed by atoms with Crippen molar-refractivity contribution in [2.75, 3.05) is 6.54 Å². The molecule has 5 heteroatoms. The quantitative estimate of drug-likeness (QED) is 0.877. The number of hydrogen-bond donors (Lipinski definition) is 1. The van der Waals surface area contributed by atoms with Crippen LogP contribution in [-0.4, -0.2) is 16.3 Å². The summed E-state index contributed by atoms with van der Waals surface area (Å²) in [6.45, 7) is 7.76. The number of aryl methyl sites for hydroxylation is 2. The standard InChI is InChI=1S/C16H21ClFN3/c1-4-19-16(14-7-6-12(18)9-15(14)17)10-13-8-11(3)20-21(13)5-2/h6-9,16,19H,4-5,10H2,1-3H3. The molecule has 1 aromatic carbocycles. The molecule has 1 heterocycles. The molecule has 1 aromatic heterocycles. The van der Waals surface area contributed by atoms with Gasteiger partial charge in [0.15, 0.2) is 0 Å². The van der Waals surface area contributed by atoms with E-state index in [9.17, 15) is 4.39 Å². The Balaban J connectivity index is 2.30. The summed E-state index contributed by atoms with van der Waals surface area (Å²) in [6, 6.07) is 6.71. The molecule has 0 aliphatic carbocycles. The molecule has 114 valence electrons. The first-order valence-corrected chi connectivity index (χ1v) is 7.64. The third kappa shape index (κ3) is 3.83. The summed E-state index contributed by atoms with van der Waals surface area (Å²) in [6.07, 6.45) is 0.772. The Morgan fingerprint density at radius 3 is 2.71 bits per heavy atom. The van der Waals surface area contributed by atoms with Gasteiger partial charge in [0.25, 0.3) is 0 Å². The summed E-state index contributed by atoms with van der Waals surface area (Å²) in [5, 5.41) is 8.35. The first-order chi connectivity index (χ1) is 10.0. The topological polar surface area (TPSA) is 29.9 Å². The summed E-state index contributed by atoms with van der Waals surface area (Å²) < 4.78 is 15.2. The van der Waals surface area contributed by atoms with E-state index in [2.05, 4.69) is 23.4 Å². The minimum atomic E-state index is -0.312. The lowest BCUT2D eigenvalue weighted by Gasteiger charge is -2.20. The number of halogens is 2. The van der Waals surface area contributed by atoms with E-state index in [1.54, 1.807) is 6.07 Å². The number of rotatable bonds is 6. The second-order valence-electron chi connectivity index (χ2n) is 5.07. The molecule has 1 unspecified atom stereocenters. The average Bonchev–Trinajstić information content (AvgIpc) is 2.78. The van der Waals surface area contributed by atoms with Crippen molar-refractivity contribution < 1.29 is 4.39 Å². The maximum absolute atomic E-state index is 13.2. The lowest BCUT2D eigenvalue weighted by atomic mass is 10.0. The van der Waals surface area contributed by atoms with Gasteiger partial charge in [0.2, 0.25) is 0 Å². The molecule has 0 amide bonds. The molecule has 1 N–H and O–H groups in total. The SMILES string of the molecule is CCNC(Cc1cc(C)nn1CC)c1ccc(F)cc1Cl. The molecule has 0 saturated heterocycles. The van der Waals surface area contributed by atoms with Crippen LogP contribution < -0.4 is 5.32 Å². The summed E-state index contributed by atoms with van der Waals surface area (Å²) >= 11 is 6.20. The van der Waals surface area contributed by atoms with Crippen molar-refractivity contribution in [3.05, 3.63) is 52.1 Å². The molecule has 2 rings (SSSR count). The molecule has 3 nitrogen and oxygen atoms in total. The monoisotopic (exact) mass is 309 g/mol. The summed E-state index contributed by atoms with van der Waals surface area (Å²) in [4.78, 5) is 0. The first-order valence-electron chi connectivity index (χ1n) is 7.26. The van der Waals surface area contributed by atoms with Crippen LogP contribution in [0.3, 0.4) is 0 Å². The van der Waals surface area contributed by atoms with E-state index >= 15 is 0 Å². The summed E-state index contributed by atoms with van der Waals surface area (Å²) in [5.41, 5.74) is 3.08. The van der Waals surface area contributed by atoms with Gasteiger partial charge in [-0.25, -0.2) is 4.39 Å². The van der Waals surface area contributed by atoms with Crippen LogP contribution in [0.25, 0.3) is 0 Å². The average molecular weight is 310 g/mol. The smallest absolute Gasteiger partial charge is 0.124 e. The van der Waals surface area contributed by atoms with Crippen LogP contribution in [0.2, 0.25) is 5.02 Å². The highest BCUT2D eigenvalue weighted by molar-refractivity contribution is 6.31. The van der Waals surface area contributed by atoms with Gasteiger partial charge < -0.3 is 5.32 Å². The molecule has 0 aliphatic heterocycles. The number of likely N-dealkylation sites (N-methyl/N-ethyl adjacent to an activating group) is 1. The van der Waals surface area contributed by atoms with Crippen molar-refractivity contribution in [2.24, 2.45) is 0 Å². The fraction of sp³-hybridized carbons (Fsp3) is 0.438. The van der Waals surface area contributed by atoms with Gasteiger partial charge in [0, 0.05) is 29.7 Å². The van der Waals surface area contributed by atoms with Crippen molar-refractivity contribution in [3.63, 3.8) is 0 Å². The number of nitrogens with zero attached hydrogens (tertiary/aromatic N) is 2. The number of nitrogens with one attached hydrogen (secondary N) is 1. The third-order valence-electron chi connectivity index (χ3n) is 3.49. The van der Waals surface area contributed by atoms with Crippen LogP contribution in [0.5, 0.6) is 0 Å². The van der Waals surface area contributed by atoms with E-state index in [1.165, 1.54) is 12.1 Å². The third-order valence-corrected chi connectivity index (χ3v) is 3.81. The molecule has 0 aliphatic rings. The Bertz CT molecular complexity index is 610. The van der Waals surface area contributed by atoms with Crippen molar-refractivity contribution in [1.29, 1.82) is 0 Å². The summed E-state index contributed by atoms with van der Waals surface area (Å²) in [7, 11) is 0. The van der Waals surface area contributed by atoms with E-state index in [0.717, 1.165) is 36.5 Å². The van der Waals surface area contributed by atoms with E-state index in [-0.39, 0.29) is 11.9 Å². The number of benzene rings is 1. The predicted octanol–water partition coefficient (Wildman–Crippen LogP) is 3.90. The second kappa shape index (κ2) is 7.05. The normalized spacial score (nSPS) is 12.6. The highest BCUT2D eigenvalue weighted by Crippen LogP contribution is 2.27. The molecule has 0 fully saturated rings. The zero-order valence-electron chi connectivity index (χ0n) is 12.7. The zero-order valence-corrected chi connectivity index (χ0v) is 13.4. The van der Waals surface area contributed by atoms with Crippen molar-refractivity contribution in [1.82, 2.24) is 15.1 Å². The fourth-order valence-corrected chi connectivity index (χ4v) is 2.87.